The van der Waals surface area contributed by atoms with E-state index in [-0.39, 0.29) is 30.0 Å². The molecule has 1 aliphatic heterocycles. The maximum Gasteiger partial charge on any atom is 0.211 e. The van der Waals surface area contributed by atoms with Crippen molar-refractivity contribution in [1.82, 2.24) is 19.8 Å². The minimum absolute atomic E-state index is 0. The molecule has 0 radical (unpaired) electrons. The Morgan fingerprint density at radius 3 is 2.52 bits per heavy atom. The Kier molecular flexibility index (Phi) is 12.7. The number of benzene rings is 1. The molecule has 1 aromatic carbocycles. The smallest absolute Gasteiger partial charge is 0.211 e. The second-order valence-corrected chi connectivity index (χ2v) is 9.47. The highest BCUT2D eigenvalue weighted by molar-refractivity contribution is 14.0. The predicted octanol–water partition coefficient (Wildman–Crippen LogP) is 2.29. The third-order valence-corrected chi connectivity index (χ3v) is 6.84. The molecule has 178 valence electrons. The number of likely N-dealkylation sites (tertiary alicyclic amines) is 1. The van der Waals surface area contributed by atoms with Gasteiger partial charge in [0.2, 0.25) is 10.0 Å². The normalized spacial score (nSPS) is 16.1. The minimum atomic E-state index is -3.15. The number of hydrogen-bond acceptors (Lipinski definition) is 5. The average Bonchev–Trinajstić information content (AvgIpc) is 3.26. The van der Waals surface area contributed by atoms with Crippen molar-refractivity contribution in [3.8, 4) is 5.75 Å². The summed E-state index contributed by atoms with van der Waals surface area (Å²) in [7, 11) is 0.313. The summed E-state index contributed by atoms with van der Waals surface area (Å²) in [4.78, 5) is 6.81. The van der Waals surface area contributed by atoms with Gasteiger partial charge in [0.1, 0.15) is 5.75 Å². The van der Waals surface area contributed by atoms with Crippen molar-refractivity contribution >= 4 is 40.0 Å². The quantitative estimate of drug-likeness (QED) is 0.185. The lowest BCUT2D eigenvalue weighted by atomic mass is 10.0. The first kappa shape index (κ1) is 27.9. The zero-order valence-corrected chi connectivity index (χ0v) is 22.3. The van der Waals surface area contributed by atoms with Crippen LogP contribution in [0.15, 0.2) is 29.3 Å². The second-order valence-electron chi connectivity index (χ2n) is 7.49. The second kappa shape index (κ2) is 14.1. The number of aliphatic imine (C=N–C) groups is 1. The molecule has 0 saturated carbocycles. The summed E-state index contributed by atoms with van der Waals surface area (Å²) in [5, 5.41) is 6.73. The highest BCUT2D eigenvalue weighted by Gasteiger charge is 2.26. The molecule has 1 fully saturated rings. The Balaban J connectivity index is 0.00000480. The van der Waals surface area contributed by atoms with E-state index in [1.807, 2.05) is 19.1 Å². The summed E-state index contributed by atoms with van der Waals surface area (Å²) in [5.74, 6) is 1.62. The van der Waals surface area contributed by atoms with Crippen molar-refractivity contribution in [3.05, 3.63) is 29.8 Å². The van der Waals surface area contributed by atoms with E-state index in [9.17, 15) is 8.42 Å². The first-order valence-electron chi connectivity index (χ1n) is 10.7. The maximum atomic E-state index is 11.7. The Morgan fingerprint density at radius 1 is 1.26 bits per heavy atom. The van der Waals surface area contributed by atoms with E-state index >= 15 is 0 Å². The van der Waals surface area contributed by atoms with E-state index in [2.05, 4.69) is 32.7 Å². The summed E-state index contributed by atoms with van der Waals surface area (Å²) < 4.78 is 30.5. The number of nitrogens with one attached hydrogen (secondary N) is 2. The highest BCUT2D eigenvalue weighted by Crippen LogP contribution is 2.31. The average molecular weight is 568 g/mol. The number of hydrogen-bond donors (Lipinski definition) is 2. The van der Waals surface area contributed by atoms with Gasteiger partial charge < -0.3 is 15.4 Å². The van der Waals surface area contributed by atoms with Gasteiger partial charge in [-0.2, -0.15) is 0 Å². The van der Waals surface area contributed by atoms with Gasteiger partial charge in [-0.15, -0.1) is 24.0 Å². The van der Waals surface area contributed by atoms with Crippen LogP contribution in [0, 0.1) is 0 Å². The Hall–Kier alpha value is -1.11. The molecule has 2 rings (SSSR count). The number of methoxy groups -OCH3 is 1. The lowest BCUT2D eigenvalue weighted by Gasteiger charge is -2.30. The van der Waals surface area contributed by atoms with Gasteiger partial charge in [-0.05, 0) is 38.4 Å². The van der Waals surface area contributed by atoms with Crippen LogP contribution in [0.4, 0.5) is 0 Å². The van der Waals surface area contributed by atoms with Gasteiger partial charge in [-0.25, -0.2) is 12.7 Å². The van der Waals surface area contributed by atoms with Crippen LogP contribution < -0.4 is 15.4 Å². The third kappa shape index (κ3) is 8.74. The van der Waals surface area contributed by atoms with Gasteiger partial charge in [-0.1, -0.05) is 25.1 Å². The summed E-state index contributed by atoms with van der Waals surface area (Å²) in [6, 6.07) is 8.38. The largest absolute Gasteiger partial charge is 0.496 e. The molecule has 0 aromatic heterocycles. The van der Waals surface area contributed by atoms with Crippen LogP contribution >= 0.6 is 24.0 Å². The Labute approximate surface area is 204 Å². The summed E-state index contributed by atoms with van der Waals surface area (Å²) >= 11 is 0. The van der Waals surface area contributed by atoms with Crippen LogP contribution in [0.25, 0.3) is 0 Å². The number of rotatable bonds is 11. The Morgan fingerprint density at radius 2 is 1.94 bits per heavy atom. The highest BCUT2D eigenvalue weighted by atomic mass is 127. The number of sulfonamides is 1. The fourth-order valence-corrected chi connectivity index (χ4v) is 4.80. The molecule has 2 N–H and O–H groups in total. The zero-order chi connectivity index (χ0) is 22.0. The summed E-state index contributed by atoms with van der Waals surface area (Å²) in [5.41, 5.74) is 1.18. The molecule has 1 atom stereocenters. The first-order chi connectivity index (χ1) is 14.4. The summed E-state index contributed by atoms with van der Waals surface area (Å²) in [6.45, 7) is 6.35. The van der Waals surface area contributed by atoms with Gasteiger partial charge in [0.15, 0.2) is 5.96 Å². The standard InChI is InChI=1S/C21H37N5O3S.HI/c1-5-26(30(4,27)28)16-10-13-23-21(22-2)24-17-19(25-14-8-9-15-25)18-11-6-7-12-20(18)29-3;/h6-7,11-12,19H,5,8-10,13-17H2,1-4H3,(H2,22,23,24);1H. The van der Waals surface area contributed by atoms with Gasteiger partial charge in [0.25, 0.3) is 0 Å². The van der Waals surface area contributed by atoms with E-state index in [4.69, 9.17) is 4.74 Å². The molecule has 1 unspecified atom stereocenters. The van der Waals surface area contributed by atoms with Crippen molar-refractivity contribution < 1.29 is 13.2 Å². The number of halogens is 1. The zero-order valence-electron chi connectivity index (χ0n) is 19.1. The van der Waals surface area contributed by atoms with Crippen LogP contribution in [0.5, 0.6) is 5.75 Å². The molecular weight excluding hydrogens is 529 g/mol. The number of ether oxygens (including phenoxy) is 1. The monoisotopic (exact) mass is 567 g/mol. The van der Waals surface area contributed by atoms with Crippen molar-refractivity contribution in [2.24, 2.45) is 4.99 Å². The van der Waals surface area contributed by atoms with Crippen LogP contribution in [-0.4, -0.2) is 83.3 Å². The molecule has 0 bridgehead atoms. The molecular formula is C21H38IN5O3S. The van der Waals surface area contributed by atoms with Crippen LogP contribution in [0.2, 0.25) is 0 Å². The molecule has 0 amide bonds. The van der Waals surface area contributed by atoms with Crippen LogP contribution in [-0.2, 0) is 10.0 Å². The SMILES string of the molecule is CCN(CCCNC(=NC)NCC(c1ccccc1OC)N1CCCC1)S(C)(=O)=O.I. The van der Waals surface area contributed by atoms with Gasteiger partial charge >= 0.3 is 0 Å². The van der Waals surface area contributed by atoms with E-state index in [0.29, 0.717) is 32.6 Å². The molecule has 1 aromatic rings. The van der Waals surface area contributed by atoms with Crippen molar-refractivity contribution in [3.63, 3.8) is 0 Å². The number of nitrogens with zero attached hydrogens (tertiary/aromatic N) is 3. The van der Waals surface area contributed by atoms with Crippen molar-refractivity contribution in [2.75, 3.05) is 59.7 Å². The molecule has 10 heteroatoms. The number of guanidine groups is 1. The van der Waals surface area contributed by atoms with Gasteiger partial charge in [0.05, 0.1) is 19.4 Å². The molecule has 1 heterocycles. The van der Waals surface area contributed by atoms with E-state index in [0.717, 1.165) is 24.8 Å². The topological polar surface area (TPSA) is 86.3 Å². The van der Waals surface area contributed by atoms with Gasteiger partial charge in [0, 0.05) is 38.8 Å². The molecule has 1 aliphatic rings. The fourth-order valence-electron chi connectivity index (χ4n) is 3.87. The maximum absolute atomic E-state index is 11.7. The molecule has 0 spiro atoms. The molecule has 0 aliphatic carbocycles. The molecule has 8 nitrogen and oxygen atoms in total. The molecule has 1 saturated heterocycles. The van der Waals surface area contributed by atoms with E-state index in [1.165, 1.54) is 29.0 Å². The van der Waals surface area contributed by atoms with Crippen LogP contribution in [0.3, 0.4) is 0 Å². The predicted molar refractivity (Wildman–Crippen MR) is 138 cm³/mol. The summed E-state index contributed by atoms with van der Waals surface area (Å²) in [6.07, 6.45) is 4.39. The minimum Gasteiger partial charge on any atom is -0.496 e. The van der Waals surface area contributed by atoms with E-state index < -0.39 is 10.0 Å². The molecule has 31 heavy (non-hydrogen) atoms. The van der Waals surface area contributed by atoms with Crippen molar-refractivity contribution in [1.29, 1.82) is 0 Å². The van der Waals surface area contributed by atoms with Crippen molar-refractivity contribution in [2.45, 2.75) is 32.2 Å². The number of para-hydroxylation sites is 1. The third-order valence-electron chi connectivity index (χ3n) is 5.46. The first-order valence-corrected chi connectivity index (χ1v) is 12.5. The fraction of sp³-hybridized carbons (Fsp3) is 0.667. The van der Waals surface area contributed by atoms with Crippen LogP contribution in [0.1, 0.15) is 37.8 Å². The lowest BCUT2D eigenvalue weighted by Crippen LogP contribution is -2.43. The van der Waals surface area contributed by atoms with E-state index in [1.54, 1.807) is 14.2 Å². The lowest BCUT2D eigenvalue weighted by molar-refractivity contribution is 0.239. The Bertz CT molecular complexity index is 785. The van der Waals surface area contributed by atoms with Gasteiger partial charge in [-0.3, -0.25) is 9.89 Å².